The maximum absolute atomic E-state index is 12.7. The van der Waals surface area contributed by atoms with Crippen LogP contribution in [0.2, 0.25) is 0 Å². The van der Waals surface area contributed by atoms with E-state index in [1.54, 1.807) is 12.1 Å². The summed E-state index contributed by atoms with van der Waals surface area (Å²) >= 11 is 1.000. The van der Waals surface area contributed by atoms with E-state index in [4.69, 9.17) is 4.74 Å². The highest BCUT2D eigenvalue weighted by Gasteiger charge is 2.35. The molecule has 2 aromatic rings. The van der Waals surface area contributed by atoms with Gasteiger partial charge in [-0.05, 0) is 37.1 Å². The Labute approximate surface area is 179 Å². The molecule has 3 aliphatic rings. The highest BCUT2D eigenvalue weighted by molar-refractivity contribution is 7.93. The number of likely N-dealkylation sites (tertiary alicyclic amines) is 1. The molecule has 0 bridgehead atoms. The molecule has 1 N–H and O–H groups in total. The second-order valence-corrected chi connectivity index (χ2v) is 10.1. The van der Waals surface area contributed by atoms with E-state index < -0.39 is 10.0 Å². The van der Waals surface area contributed by atoms with Gasteiger partial charge in [-0.3, -0.25) is 14.6 Å². The minimum absolute atomic E-state index is 0.166. The molecule has 0 saturated carbocycles. The van der Waals surface area contributed by atoms with Crippen LogP contribution < -0.4 is 9.46 Å². The molecule has 4 heterocycles. The zero-order valence-corrected chi connectivity index (χ0v) is 18.0. The maximum Gasteiger partial charge on any atom is 0.263 e. The second-order valence-electron chi connectivity index (χ2n) is 7.69. The SMILES string of the molecule is O=S(=O)(Nc1ncns1)c1ccc2c(c1)OCC[C@@H]2N1CCCCC1C1=CC=NC1. The van der Waals surface area contributed by atoms with Crippen LogP contribution in [0.5, 0.6) is 5.75 Å². The van der Waals surface area contributed by atoms with Gasteiger partial charge in [0.25, 0.3) is 10.0 Å². The summed E-state index contributed by atoms with van der Waals surface area (Å²) in [5.74, 6) is 0.646. The van der Waals surface area contributed by atoms with E-state index in [-0.39, 0.29) is 16.1 Å². The molecule has 5 rings (SSSR count). The first-order valence-electron chi connectivity index (χ1n) is 10.1. The normalized spacial score (nSPS) is 24.2. The quantitative estimate of drug-likeness (QED) is 0.760. The number of sulfonamides is 1. The summed E-state index contributed by atoms with van der Waals surface area (Å²) in [7, 11) is -3.74. The summed E-state index contributed by atoms with van der Waals surface area (Å²) in [6, 6.07) is 5.79. The van der Waals surface area contributed by atoms with Crippen LogP contribution in [0.3, 0.4) is 0 Å². The standard InChI is InChI=1S/C20H23N5O3S2/c26-30(27,24-20-22-13-23-29-20)15-4-5-16-18(7-10-28-19(16)11-15)25-9-2-1-3-17(25)14-6-8-21-12-14/h4-6,8,11,13,17-18H,1-3,7,9-10,12H2,(H,22,23,24)/t17?,18-/m0/s1. The summed E-state index contributed by atoms with van der Waals surface area (Å²) in [6.07, 6.45) is 9.81. The van der Waals surface area contributed by atoms with Crippen LogP contribution in [-0.4, -0.2) is 54.6 Å². The van der Waals surface area contributed by atoms with Gasteiger partial charge in [0, 0.05) is 47.9 Å². The van der Waals surface area contributed by atoms with Crippen molar-refractivity contribution in [2.45, 2.75) is 42.7 Å². The smallest absolute Gasteiger partial charge is 0.263 e. The average Bonchev–Trinajstić information content (AvgIpc) is 3.47. The second kappa shape index (κ2) is 8.09. The van der Waals surface area contributed by atoms with Gasteiger partial charge in [0.1, 0.15) is 12.1 Å². The largest absolute Gasteiger partial charge is 0.493 e. The number of nitrogens with one attached hydrogen (secondary N) is 1. The number of hydrogen-bond donors (Lipinski definition) is 1. The Balaban J connectivity index is 1.43. The number of hydrogen-bond acceptors (Lipinski definition) is 8. The van der Waals surface area contributed by atoms with Crippen LogP contribution in [0.4, 0.5) is 5.13 Å². The molecular weight excluding hydrogens is 422 g/mol. The number of aliphatic imine (C=N–C) groups is 1. The molecule has 1 aromatic heterocycles. The van der Waals surface area contributed by atoms with Crippen molar-refractivity contribution in [3.63, 3.8) is 0 Å². The number of fused-ring (bicyclic) bond motifs is 1. The van der Waals surface area contributed by atoms with Crippen molar-refractivity contribution in [1.82, 2.24) is 14.3 Å². The molecule has 1 aromatic carbocycles. The van der Waals surface area contributed by atoms with Crippen molar-refractivity contribution in [1.29, 1.82) is 0 Å². The van der Waals surface area contributed by atoms with Gasteiger partial charge in [-0.15, -0.1) is 0 Å². The van der Waals surface area contributed by atoms with Crippen LogP contribution in [0.1, 0.15) is 37.3 Å². The number of nitrogens with zero attached hydrogens (tertiary/aromatic N) is 4. The van der Waals surface area contributed by atoms with Crippen molar-refractivity contribution in [3.8, 4) is 5.75 Å². The third kappa shape index (κ3) is 3.75. The number of ether oxygens (including phenoxy) is 1. The number of piperidine rings is 1. The van der Waals surface area contributed by atoms with E-state index in [2.05, 4.69) is 30.0 Å². The number of anilines is 1. The monoisotopic (exact) mass is 445 g/mol. The number of allylic oxidation sites excluding steroid dienone is 1. The highest BCUT2D eigenvalue weighted by atomic mass is 32.2. The number of aromatic nitrogens is 2. The van der Waals surface area contributed by atoms with E-state index in [1.165, 1.54) is 24.7 Å². The fraction of sp³-hybridized carbons (Fsp3) is 0.450. The molecule has 8 nitrogen and oxygen atoms in total. The van der Waals surface area contributed by atoms with Crippen molar-refractivity contribution >= 4 is 32.9 Å². The van der Waals surface area contributed by atoms with Crippen molar-refractivity contribution in [2.24, 2.45) is 4.99 Å². The van der Waals surface area contributed by atoms with E-state index in [9.17, 15) is 8.42 Å². The molecule has 10 heteroatoms. The van der Waals surface area contributed by atoms with Crippen LogP contribution in [0.25, 0.3) is 0 Å². The van der Waals surface area contributed by atoms with Crippen LogP contribution >= 0.6 is 11.5 Å². The Morgan fingerprint density at radius 1 is 1.20 bits per heavy atom. The first-order chi connectivity index (χ1) is 14.6. The molecule has 1 unspecified atom stereocenters. The predicted octanol–water partition coefficient (Wildman–Crippen LogP) is 3.03. The first kappa shape index (κ1) is 19.7. The Kier molecular flexibility index (Phi) is 5.30. The minimum Gasteiger partial charge on any atom is -0.493 e. The number of rotatable bonds is 5. The topological polar surface area (TPSA) is 96.8 Å². The van der Waals surface area contributed by atoms with Crippen molar-refractivity contribution in [2.75, 3.05) is 24.4 Å². The Hall–Kier alpha value is -2.30. The molecule has 1 fully saturated rings. The Morgan fingerprint density at radius 2 is 2.13 bits per heavy atom. The molecule has 2 atom stereocenters. The summed E-state index contributed by atoms with van der Waals surface area (Å²) in [5.41, 5.74) is 2.44. The third-order valence-corrected chi connectivity index (χ3v) is 7.97. The average molecular weight is 446 g/mol. The number of benzene rings is 1. The molecular formula is C20H23N5O3S2. The summed E-state index contributed by atoms with van der Waals surface area (Å²) in [5, 5.41) is 0.245. The van der Waals surface area contributed by atoms with Crippen molar-refractivity contribution < 1.29 is 13.2 Å². The molecule has 0 spiro atoms. The van der Waals surface area contributed by atoms with Crippen molar-refractivity contribution in [3.05, 3.63) is 41.7 Å². The lowest BCUT2D eigenvalue weighted by atomic mass is 9.89. The zero-order chi connectivity index (χ0) is 20.6. The van der Waals surface area contributed by atoms with Crippen LogP contribution in [0, 0.1) is 0 Å². The molecule has 0 amide bonds. The maximum atomic E-state index is 12.7. The Bertz CT molecular complexity index is 1080. The molecule has 0 aliphatic carbocycles. The van der Waals surface area contributed by atoms with Gasteiger partial charge in [0.15, 0.2) is 0 Å². The van der Waals surface area contributed by atoms with E-state index >= 15 is 0 Å². The van der Waals surface area contributed by atoms with Gasteiger partial charge >= 0.3 is 0 Å². The summed E-state index contributed by atoms with van der Waals surface area (Å²) in [6.45, 7) is 2.39. The van der Waals surface area contributed by atoms with Gasteiger partial charge in [-0.2, -0.15) is 4.37 Å². The predicted molar refractivity (Wildman–Crippen MR) is 116 cm³/mol. The zero-order valence-electron chi connectivity index (χ0n) is 16.4. The van der Waals surface area contributed by atoms with Crippen LogP contribution in [0.15, 0.2) is 46.1 Å². The van der Waals surface area contributed by atoms with E-state index in [1.807, 2.05) is 12.3 Å². The lowest BCUT2D eigenvalue weighted by Gasteiger charge is -2.44. The molecule has 1 saturated heterocycles. The lowest BCUT2D eigenvalue weighted by molar-refractivity contribution is 0.0831. The lowest BCUT2D eigenvalue weighted by Crippen LogP contribution is -2.44. The van der Waals surface area contributed by atoms with Gasteiger partial charge < -0.3 is 4.74 Å². The van der Waals surface area contributed by atoms with Gasteiger partial charge in [0.2, 0.25) is 5.13 Å². The molecule has 0 radical (unpaired) electrons. The van der Waals surface area contributed by atoms with E-state index in [0.717, 1.165) is 43.0 Å². The molecule has 30 heavy (non-hydrogen) atoms. The fourth-order valence-corrected chi connectivity index (χ4v) is 6.23. The van der Waals surface area contributed by atoms with Gasteiger partial charge in [-0.1, -0.05) is 12.5 Å². The Morgan fingerprint density at radius 3 is 2.93 bits per heavy atom. The van der Waals surface area contributed by atoms with E-state index in [0.29, 0.717) is 18.4 Å². The minimum atomic E-state index is -3.74. The van der Waals surface area contributed by atoms with Gasteiger partial charge in [0.05, 0.1) is 18.0 Å². The van der Waals surface area contributed by atoms with Crippen LogP contribution in [-0.2, 0) is 10.0 Å². The summed E-state index contributed by atoms with van der Waals surface area (Å²) < 4.78 is 37.7. The van der Waals surface area contributed by atoms with Gasteiger partial charge in [-0.25, -0.2) is 13.4 Å². The third-order valence-electron chi connectivity index (χ3n) is 5.93. The molecule has 3 aliphatic heterocycles. The molecule has 158 valence electrons. The fourth-order valence-electron chi connectivity index (χ4n) is 4.56. The first-order valence-corrected chi connectivity index (χ1v) is 12.4. The summed E-state index contributed by atoms with van der Waals surface area (Å²) in [4.78, 5) is 11.0. The highest BCUT2D eigenvalue weighted by Crippen LogP contribution is 2.41.